The highest BCUT2D eigenvalue weighted by molar-refractivity contribution is 9.09. The fraction of sp³-hybridized carbons (Fsp3) is 0.500. The van der Waals surface area contributed by atoms with Gasteiger partial charge in [-0.1, -0.05) is 46.3 Å². The molecule has 96 valence electrons. The third-order valence-electron chi connectivity index (χ3n) is 2.36. The molecule has 1 aromatic rings. The summed E-state index contributed by atoms with van der Waals surface area (Å²) in [5.74, 6) is 0. The Bertz CT molecular complexity index is 313. The number of alkyl halides is 4. The van der Waals surface area contributed by atoms with Gasteiger partial charge in [-0.15, -0.1) is 0 Å². The highest BCUT2D eigenvalue weighted by atomic mass is 79.9. The Hall–Kier alpha value is -0.550. The molecule has 0 aliphatic heterocycles. The van der Waals surface area contributed by atoms with Crippen LogP contribution in [0.4, 0.5) is 13.2 Å². The third kappa shape index (κ3) is 6.68. The molecule has 0 bridgehead atoms. The van der Waals surface area contributed by atoms with Crippen molar-refractivity contribution in [3.63, 3.8) is 0 Å². The summed E-state index contributed by atoms with van der Waals surface area (Å²) in [5, 5.41) is 0.553. The minimum atomic E-state index is -4.13. The monoisotopic (exact) mass is 309 g/mol. The first-order valence-corrected chi connectivity index (χ1v) is 6.52. The summed E-state index contributed by atoms with van der Waals surface area (Å²) in [5.41, 5.74) is 1.06. The molecule has 0 unspecified atom stereocenters. The van der Waals surface area contributed by atoms with Gasteiger partial charge in [-0.05, 0) is 12.0 Å². The minimum Gasteiger partial charge on any atom is -0.294 e. The van der Waals surface area contributed by atoms with Crippen LogP contribution >= 0.6 is 15.9 Å². The van der Waals surface area contributed by atoms with Crippen LogP contribution in [0.1, 0.15) is 5.56 Å². The van der Waals surface area contributed by atoms with Gasteiger partial charge in [0.2, 0.25) is 0 Å². The molecule has 0 atom stereocenters. The molecule has 1 aromatic carbocycles. The zero-order chi connectivity index (χ0) is 12.7. The predicted molar refractivity (Wildman–Crippen MR) is 66.4 cm³/mol. The molecule has 0 aliphatic rings. The van der Waals surface area contributed by atoms with Crippen LogP contribution in [0.5, 0.6) is 0 Å². The van der Waals surface area contributed by atoms with Crippen LogP contribution in [0.15, 0.2) is 30.3 Å². The third-order valence-corrected chi connectivity index (χ3v) is 2.72. The van der Waals surface area contributed by atoms with E-state index in [1.54, 1.807) is 0 Å². The molecule has 0 fully saturated rings. The highest BCUT2D eigenvalue weighted by Gasteiger charge is 2.30. The molecule has 0 saturated carbocycles. The molecule has 0 aromatic heterocycles. The van der Waals surface area contributed by atoms with Crippen molar-refractivity contribution in [2.45, 2.75) is 12.6 Å². The van der Waals surface area contributed by atoms with Crippen LogP contribution in [0.25, 0.3) is 0 Å². The van der Waals surface area contributed by atoms with E-state index in [4.69, 9.17) is 0 Å². The first-order valence-electron chi connectivity index (χ1n) is 5.40. The molecule has 0 saturated heterocycles. The predicted octanol–water partition coefficient (Wildman–Crippen LogP) is 3.49. The molecule has 0 N–H and O–H groups in total. The summed E-state index contributed by atoms with van der Waals surface area (Å²) < 4.78 is 36.9. The Kier molecular flexibility index (Phi) is 5.98. The standard InChI is InChI=1S/C12H15BrF3N/c13-7-9-17(10-12(14,15)16)8-6-11-4-2-1-3-5-11/h1-5H,6-10H2. The van der Waals surface area contributed by atoms with Crippen LogP contribution < -0.4 is 0 Å². The van der Waals surface area contributed by atoms with E-state index in [1.807, 2.05) is 30.3 Å². The molecular weight excluding hydrogens is 295 g/mol. The molecule has 1 rings (SSSR count). The lowest BCUT2D eigenvalue weighted by atomic mass is 10.1. The average Bonchev–Trinajstić information content (AvgIpc) is 2.26. The maximum absolute atomic E-state index is 12.3. The van der Waals surface area contributed by atoms with Crippen molar-refractivity contribution in [1.29, 1.82) is 0 Å². The number of halogens is 4. The quantitative estimate of drug-likeness (QED) is 0.727. The average molecular weight is 310 g/mol. The van der Waals surface area contributed by atoms with Crippen LogP contribution in [0.3, 0.4) is 0 Å². The lowest BCUT2D eigenvalue weighted by Crippen LogP contribution is -2.36. The molecule has 0 spiro atoms. The van der Waals surface area contributed by atoms with Gasteiger partial charge in [0.05, 0.1) is 6.54 Å². The topological polar surface area (TPSA) is 3.24 Å². The number of hydrogen-bond acceptors (Lipinski definition) is 1. The van der Waals surface area contributed by atoms with Crippen LogP contribution in [-0.4, -0.2) is 36.0 Å². The van der Waals surface area contributed by atoms with E-state index < -0.39 is 12.7 Å². The van der Waals surface area contributed by atoms with Crippen molar-refractivity contribution in [2.24, 2.45) is 0 Å². The molecular formula is C12H15BrF3N. The number of hydrogen-bond donors (Lipinski definition) is 0. The summed E-state index contributed by atoms with van der Waals surface area (Å²) >= 11 is 3.17. The second kappa shape index (κ2) is 7.01. The van der Waals surface area contributed by atoms with Gasteiger partial charge in [0, 0.05) is 18.4 Å². The summed E-state index contributed by atoms with van der Waals surface area (Å²) in [4.78, 5) is 1.42. The van der Waals surface area contributed by atoms with E-state index in [0.29, 0.717) is 24.8 Å². The summed E-state index contributed by atoms with van der Waals surface area (Å²) in [6.07, 6.45) is -3.48. The Morgan fingerprint density at radius 2 is 1.71 bits per heavy atom. The van der Waals surface area contributed by atoms with Gasteiger partial charge in [0.25, 0.3) is 0 Å². The van der Waals surface area contributed by atoms with Gasteiger partial charge in [-0.25, -0.2) is 0 Å². The van der Waals surface area contributed by atoms with Crippen molar-refractivity contribution in [1.82, 2.24) is 4.90 Å². The smallest absolute Gasteiger partial charge is 0.294 e. The Morgan fingerprint density at radius 1 is 1.06 bits per heavy atom. The summed E-state index contributed by atoms with van der Waals surface area (Å²) in [6, 6.07) is 9.55. The minimum absolute atomic E-state index is 0.409. The molecule has 0 radical (unpaired) electrons. The maximum atomic E-state index is 12.3. The lowest BCUT2D eigenvalue weighted by Gasteiger charge is -2.22. The Labute approximate surface area is 108 Å². The second-order valence-corrected chi connectivity index (χ2v) is 4.61. The van der Waals surface area contributed by atoms with Crippen molar-refractivity contribution in [2.75, 3.05) is 25.0 Å². The van der Waals surface area contributed by atoms with E-state index in [9.17, 15) is 13.2 Å². The Balaban J connectivity index is 2.44. The summed E-state index contributed by atoms with van der Waals surface area (Å²) in [6.45, 7) is -0.00704. The van der Waals surface area contributed by atoms with Crippen LogP contribution in [0, 0.1) is 0 Å². The van der Waals surface area contributed by atoms with Gasteiger partial charge in [-0.2, -0.15) is 13.2 Å². The number of nitrogens with zero attached hydrogens (tertiary/aromatic N) is 1. The van der Waals surface area contributed by atoms with Crippen LogP contribution in [0.2, 0.25) is 0 Å². The van der Waals surface area contributed by atoms with E-state index in [2.05, 4.69) is 15.9 Å². The molecule has 0 amide bonds. The van der Waals surface area contributed by atoms with E-state index in [-0.39, 0.29) is 0 Å². The maximum Gasteiger partial charge on any atom is 0.401 e. The fourth-order valence-corrected chi connectivity index (χ4v) is 2.08. The van der Waals surface area contributed by atoms with Gasteiger partial charge in [0.15, 0.2) is 0 Å². The zero-order valence-corrected chi connectivity index (χ0v) is 11.0. The largest absolute Gasteiger partial charge is 0.401 e. The SMILES string of the molecule is FC(F)(F)CN(CCBr)CCc1ccccc1. The number of rotatable bonds is 6. The Morgan fingerprint density at radius 3 is 2.24 bits per heavy atom. The first kappa shape index (κ1) is 14.5. The molecule has 0 aliphatic carbocycles. The van der Waals surface area contributed by atoms with Crippen molar-refractivity contribution < 1.29 is 13.2 Å². The summed E-state index contributed by atoms with van der Waals surface area (Å²) in [7, 11) is 0. The molecule has 17 heavy (non-hydrogen) atoms. The zero-order valence-electron chi connectivity index (χ0n) is 9.38. The van der Waals surface area contributed by atoms with E-state index in [1.165, 1.54) is 4.90 Å². The molecule has 5 heteroatoms. The van der Waals surface area contributed by atoms with Crippen molar-refractivity contribution in [3.05, 3.63) is 35.9 Å². The van der Waals surface area contributed by atoms with Gasteiger partial charge in [-0.3, -0.25) is 4.90 Å². The molecule has 1 nitrogen and oxygen atoms in total. The molecule has 0 heterocycles. The van der Waals surface area contributed by atoms with Crippen molar-refractivity contribution in [3.8, 4) is 0 Å². The van der Waals surface area contributed by atoms with Crippen molar-refractivity contribution >= 4 is 15.9 Å². The lowest BCUT2D eigenvalue weighted by molar-refractivity contribution is -0.145. The van der Waals surface area contributed by atoms with Gasteiger partial charge < -0.3 is 0 Å². The van der Waals surface area contributed by atoms with E-state index >= 15 is 0 Å². The highest BCUT2D eigenvalue weighted by Crippen LogP contribution is 2.16. The fourth-order valence-electron chi connectivity index (χ4n) is 1.57. The van der Waals surface area contributed by atoms with Gasteiger partial charge in [0.1, 0.15) is 0 Å². The number of benzene rings is 1. The first-order chi connectivity index (χ1) is 8.01. The van der Waals surface area contributed by atoms with Crippen LogP contribution in [-0.2, 0) is 6.42 Å². The second-order valence-electron chi connectivity index (χ2n) is 3.82. The van der Waals surface area contributed by atoms with Gasteiger partial charge >= 0.3 is 6.18 Å². The normalized spacial score (nSPS) is 12.1. The van der Waals surface area contributed by atoms with E-state index in [0.717, 1.165) is 5.56 Å².